The van der Waals surface area contributed by atoms with Crippen molar-refractivity contribution in [3.63, 3.8) is 0 Å². The summed E-state index contributed by atoms with van der Waals surface area (Å²) in [4.78, 5) is 8.54. The number of aromatic nitrogens is 4. The molecule has 5 rings (SSSR count). The zero-order valence-corrected chi connectivity index (χ0v) is 16.3. The number of aromatic hydroxyl groups is 1. The predicted octanol–water partition coefficient (Wildman–Crippen LogP) is 4.22. The molecule has 1 aliphatic rings. The molecule has 0 saturated carbocycles. The summed E-state index contributed by atoms with van der Waals surface area (Å²) < 4.78 is 15.5. The second-order valence-corrected chi connectivity index (χ2v) is 7.73. The van der Waals surface area contributed by atoms with E-state index in [1.165, 1.54) is 12.4 Å². The van der Waals surface area contributed by atoms with Crippen molar-refractivity contribution < 1.29 is 9.50 Å². The first-order chi connectivity index (χ1) is 13.9. The van der Waals surface area contributed by atoms with E-state index in [-0.39, 0.29) is 17.6 Å². The van der Waals surface area contributed by atoms with Crippen LogP contribution in [-0.4, -0.2) is 24.9 Å². The number of aryl methyl sites for hydroxylation is 1. The fourth-order valence-electron chi connectivity index (χ4n) is 4.08. The van der Waals surface area contributed by atoms with Gasteiger partial charge in [0, 0.05) is 5.56 Å². The van der Waals surface area contributed by atoms with Crippen molar-refractivity contribution in [1.29, 1.82) is 0 Å². The molecule has 0 radical (unpaired) electrons. The normalized spacial score (nSPS) is 15.8. The minimum Gasteiger partial charge on any atom is -0.506 e. The van der Waals surface area contributed by atoms with Crippen LogP contribution < -0.4 is 5.73 Å². The summed E-state index contributed by atoms with van der Waals surface area (Å²) in [6, 6.07) is 8.27. The minimum atomic E-state index is -0.242. The molecular formula is C21H17ClFN5O. The Labute approximate surface area is 170 Å². The van der Waals surface area contributed by atoms with E-state index < -0.39 is 0 Å². The Kier molecular flexibility index (Phi) is 3.96. The number of anilines is 1. The number of rotatable bonds is 2. The van der Waals surface area contributed by atoms with Gasteiger partial charge in [-0.05, 0) is 60.7 Å². The van der Waals surface area contributed by atoms with Gasteiger partial charge in [0.2, 0.25) is 0 Å². The summed E-state index contributed by atoms with van der Waals surface area (Å²) in [6.07, 6.45) is 2.78. The standard InChI is InChI=1S/C21H17ClFN5O/c1-10-4-13(8-16(29)18(10)22)19-17-20(24)25-9-26-21(17)28(27-19)15-6-11-2-3-14(23)5-12(11)7-15/h2-5,8-9,15,29H,6-7H2,1H3,(H2,24,25,26). The third-order valence-corrected chi connectivity index (χ3v) is 5.94. The van der Waals surface area contributed by atoms with Gasteiger partial charge in [-0.25, -0.2) is 19.0 Å². The van der Waals surface area contributed by atoms with Crippen molar-refractivity contribution in [3.8, 4) is 17.0 Å². The van der Waals surface area contributed by atoms with E-state index in [1.54, 1.807) is 12.1 Å². The highest BCUT2D eigenvalue weighted by Gasteiger charge is 2.28. The van der Waals surface area contributed by atoms with Crippen LogP contribution in [0, 0.1) is 12.7 Å². The maximum atomic E-state index is 13.6. The number of benzene rings is 2. The number of hydrogen-bond donors (Lipinski definition) is 2. The van der Waals surface area contributed by atoms with E-state index >= 15 is 0 Å². The van der Waals surface area contributed by atoms with Crippen LogP contribution in [-0.2, 0) is 12.8 Å². The van der Waals surface area contributed by atoms with Crippen LogP contribution in [0.4, 0.5) is 10.2 Å². The van der Waals surface area contributed by atoms with Crippen molar-refractivity contribution >= 4 is 28.5 Å². The van der Waals surface area contributed by atoms with E-state index in [0.717, 1.165) is 23.1 Å². The minimum absolute atomic E-state index is 0.0145. The van der Waals surface area contributed by atoms with Crippen LogP contribution in [0.25, 0.3) is 22.3 Å². The molecule has 1 atom stereocenters. The second kappa shape index (κ2) is 6.42. The Morgan fingerprint density at radius 1 is 1.17 bits per heavy atom. The van der Waals surface area contributed by atoms with E-state index in [2.05, 4.69) is 9.97 Å². The molecule has 8 heteroatoms. The lowest BCUT2D eigenvalue weighted by molar-refractivity contribution is 0.475. The van der Waals surface area contributed by atoms with Gasteiger partial charge in [-0.2, -0.15) is 5.10 Å². The van der Waals surface area contributed by atoms with Crippen molar-refractivity contribution in [1.82, 2.24) is 19.7 Å². The molecular weight excluding hydrogens is 393 g/mol. The van der Waals surface area contributed by atoms with Gasteiger partial charge >= 0.3 is 0 Å². The molecule has 146 valence electrons. The molecule has 0 fully saturated rings. The Bertz CT molecular complexity index is 1260. The van der Waals surface area contributed by atoms with Crippen LogP contribution in [0.15, 0.2) is 36.7 Å². The Morgan fingerprint density at radius 2 is 1.97 bits per heavy atom. The van der Waals surface area contributed by atoms with Gasteiger partial charge in [-0.3, -0.25) is 0 Å². The molecule has 29 heavy (non-hydrogen) atoms. The van der Waals surface area contributed by atoms with E-state index in [9.17, 15) is 9.50 Å². The molecule has 1 aliphatic carbocycles. The predicted molar refractivity (Wildman–Crippen MR) is 109 cm³/mol. The second-order valence-electron chi connectivity index (χ2n) is 7.35. The molecule has 0 bridgehead atoms. The summed E-state index contributed by atoms with van der Waals surface area (Å²) in [6.45, 7) is 1.81. The third kappa shape index (κ3) is 2.81. The fourth-order valence-corrected chi connectivity index (χ4v) is 4.19. The lowest BCUT2D eigenvalue weighted by atomic mass is 10.1. The van der Waals surface area contributed by atoms with Gasteiger partial charge in [0.25, 0.3) is 0 Å². The van der Waals surface area contributed by atoms with Gasteiger partial charge in [-0.15, -0.1) is 0 Å². The van der Waals surface area contributed by atoms with Gasteiger partial charge in [0.1, 0.15) is 29.4 Å². The Hall–Kier alpha value is -3.19. The molecule has 6 nitrogen and oxygen atoms in total. The number of nitrogen functional groups attached to an aromatic ring is 1. The molecule has 2 heterocycles. The molecule has 2 aromatic carbocycles. The molecule has 1 unspecified atom stereocenters. The van der Waals surface area contributed by atoms with Crippen LogP contribution in [0.1, 0.15) is 22.7 Å². The van der Waals surface area contributed by atoms with Gasteiger partial charge in [0.15, 0.2) is 5.65 Å². The average molecular weight is 410 g/mol. The maximum Gasteiger partial charge on any atom is 0.164 e. The number of nitrogens with two attached hydrogens (primary N) is 1. The molecule has 0 amide bonds. The monoisotopic (exact) mass is 409 g/mol. The molecule has 0 saturated heterocycles. The highest BCUT2D eigenvalue weighted by molar-refractivity contribution is 6.32. The lowest BCUT2D eigenvalue weighted by Crippen LogP contribution is -2.11. The number of halogens is 2. The zero-order valence-electron chi connectivity index (χ0n) is 15.5. The maximum absolute atomic E-state index is 13.6. The van der Waals surface area contributed by atoms with Crippen molar-refractivity contribution in [2.24, 2.45) is 0 Å². The zero-order chi connectivity index (χ0) is 20.3. The Balaban J connectivity index is 1.68. The van der Waals surface area contributed by atoms with Crippen LogP contribution in [0.3, 0.4) is 0 Å². The smallest absolute Gasteiger partial charge is 0.164 e. The summed E-state index contributed by atoms with van der Waals surface area (Å²) >= 11 is 6.10. The fraction of sp³-hybridized carbons (Fsp3) is 0.190. The van der Waals surface area contributed by atoms with Crippen molar-refractivity contribution in [2.45, 2.75) is 25.8 Å². The molecule has 2 aromatic heterocycles. The van der Waals surface area contributed by atoms with Crippen molar-refractivity contribution in [3.05, 3.63) is 64.2 Å². The number of fused-ring (bicyclic) bond motifs is 2. The first-order valence-electron chi connectivity index (χ1n) is 9.18. The number of nitrogens with zero attached hydrogens (tertiary/aromatic N) is 4. The molecule has 4 aromatic rings. The first-order valence-corrected chi connectivity index (χ1v) is 9.55. The average Bonchev–Trinajstić information content (AvgIpc) is 3.27. The Morgan fingerprint density at radius 3 is 2.76 bits per heavy atom. The largest absolute Gasteiger partial charge is 0.506 e. The van der Waals surface area contributed by atoms with Crippen LogP contribution in [0.2, 0.25) is 5.02 Å². The molecule has 3 N–H and O–H groups in total. The molecule has 0 aliphatic heterocycles. The number of phenols is 1. The van der Waals surface area contributed by atoms with Crippen LogP contribution >= 0.6 is 11.6 Å². The van der Waals surface area contributed by atoms with E-state index in [1.807, 2.05) is 23.7 Å². The van der Waals surface area contributed by atoms with E-state index in [0.29, 0.717) is 39.6 Å². The quantitative estimate of drug-likeness (QED) is 0.517. The lowest BCUT2D eigenvalue weighted by Gasteiger charge is -2.10. The molecule has 0 spiro atoms. The SMILES string of the molecule is Cc1cc(-c2nn(C3Cc4ccc(F)cc4C3)c3ncnc(N)c23)cc(O)c1Cl. The number of phenolic OH excluding ortho intramolecular Hbond substituents is 1. The summed E-state index contributed by atoms with van der Waals surface area (Å²) in [5.74, 6) is 0.0440. The van der Waals surface area contributed by atoms with Gasteiger partial charge in [-0.1, -0.05) is 17.7 Å². The first kappa shape index (κ1) is 17.9. The summed E-state index contributed by atoms with van der Waals surface area (Å²) in [5.41, 5.74) is 10.8. The topological polar surface area (TPSA) is 89.9 Å². The summed E-state index contributed by atoms with van der Waals surface area (Å²) in [7, 11) is 0. The highest BCUT2D eigenvalue weighted by Crippen LogP contribution is 2.39. The van der Waals surface area contributed by atoms with Crippen LogP contribution in [0.5, 0.6) is 5.75 Å². The van der Waals surface area contributed by atoms with Crippen molar-refractivity contribution in [2.75, 3.05) is 5.73 Å². The number of hydrogen-bond acceptors (Lipinski definition) is 5. The van der Waals surface area contributed by atoms with Gasteiger partial charge < -0.3 is 10.8 Å². The third-order valence-electron chi connectivity index (χ3n) is 5.45. The highest BCUT2D eigenvalue weighted by atomic mass is 35.5. The van der Waals surface area contributed by atoms with E-state index in [4.69, 9.17) is 22.4 Å². The summed E-state index contributed by atoms with van der Waals surface area (Å²) in [5, 5.41) is 15.9. The van der Waals surface area contributed by atoms with Gasteiger partial charge in [0.05, 0.1) is 16.5 Å².